The first-order valence-corrected chi connectivity index (χ1v) is 6.85. The summed E-state index contributed by atoms with van der Waals surface area (Å²) >= 11 is 0. The summed E-state index contributed by atoms with van der Waals surface area (Å²) in [4.78, 5) is 16.3. The molecule has 0 radical (unpaired) electrons. The van der Waals surface area contributed by atoms with Gasteiger partial charge in [0.2, 0.25) is 0 Å². The van der Waals surface area contributed by atoms with Crippen molar-refractivity contribution in [1.29, 1.82) is 0 Å². The number of likely N-dealkylation sites (N-methyl/N-ethyl adjacent to an activating group) is 1. The number of hydrogen-bond acceptors (Lipinski definition) is 4. The summed E-state index contributed by atoms with van der Waals surface area (Å²) in [5, 5.41) is 0. The fraction of sp³-hybridized carbons (Fsp3) is 0.533. The van der Waals surface area contributed by atoms with Gasteiger partial charge in [-0.05, 0) is 26.1 Å². The van der Waals surface area contributed by atoms with Gasteiger partial charge in [0.25, 0.3) is 5.91 Å². The molecule has 0 aromatic heterocycles. The predicted molar refractivity (Wildman–Crippen MR) is 77.2 cm³/mol. The molecule has 5 nitrogen and oxygen atoms in total. The zero-order valence-corrected chi connectivity index (χ0v) is 12.3. The van der Waals surface area contributed by atoms with E-state index in [9.17, 15) is 4.79 Å². The maximum absolute atomic E-state index is 12.2. The molecule has 0 N–H and O–H groups in total. The zero-order valence-electron chi connectivity index (χ0n) is 12.3. The van der Waals surface area contributed by atoms with Crippen molar-refractivity contribution in [3.05, 3.63) is 24.3 Å². The van der Waals surface area contributed by atoms with Crippen LogP contribution >= 0.6 is 0 Å². The highest BCUT2D eigenvalue weighted by Gasteiger charge is 2.24. The molecule has 0 aliphatic carbocycles. The van der Waals surface area contributed by atoms with Crippen LogP contribution in [0, 0.1) is 0 Å². The highest BCUT2D eigenvalue weighted by molar-refractivity contribution is 5.78. The molecule has 1 saturated heterocycles. The number of nitrogens with zero attached hydrogens (tertiary/aromatic N) is 2. The second-order valence-electron chi connectivity index (χ2n) is 5.11. The fourth-order valence-corrected chi connectivity index (χ4v) is 2.24. The van der Waals surface area contributed by atoms with Crippen LogP contribution in [0.1, 0.15) is 6.92 Å². The lowest BCUT2D eigenvalue weighted by molar-refractivity contribution is -0.136. The first-order valence-electron chi connectivity index (χ1n) is 6.85. The molecule has 1 heterocycles. The van der Waals surface area contributed by atoms with Gasteiger partial charge in [-0.25, -0.2) is 0 Å². The van der Waals surface area contributed by atoms with Crippen LogP contribution in [-0.4, -0.2) is 62.1 Å². The van der Waals surface area contributed by atoms with Crippen LogP contribution in [0.4, 0.5) is 0 Å². The molecule has 1 fully saturated rings. The van der Waals surface area contributed by atoms with E-state index in [4.69, 9.17) is 9.47 Å². The van der Waals surface area contributed by atoms with E-state index < -0.39 is 0 Å². The van der Waals surface area contributed by atoms with E-state index in [0.717, 1.165) is 19.6 Å². The van der Waals surface area contributed by atoms with Crippen molar-refractivity contribution >= 4 is 5.91 Å². The van der Waals surface area contributed by atoms with Crippen molar-refractivity contribution in [3.8, 4) is 11.5 Å². The fourth-order valence-electron chi connectivity index (χ4n) is 2.24. The molecule has 110 valence electrons. The SMILES string of the molecule is COc1ccccc1OCC(=O)N1CCN(C)C(C)C1. The Labute approximate surface area is 120 Å². The topological polar surface area (TPSA) is 42.0 Å². The molecule has 1 unspecified atom stereocenters. The van der Waals surface area contributed by atoms with Crippen LogP contribution in [-0.2, 0) is 4.79 Å². The molecule has 20 heavy (non-hydrogen) atoms. The first-order chi connectivity index (χ1) is 9.61. The van der Waals surface area contributed by atoms with Gasteiger partial charge in [0.05, 0.1) is 7.11 Å². The summed E-state index contributed by atoms with van der Waals surface area (Å²) in [6.07, 6.45) is 0. The van der Waals surface area contributed by atoms with Crippen LogP contribution in [0.15, 0.2) is 24.3 Å². The lowest BCUT2D eigenvalue weighted by Crippen LogP contribution is -2.53. The lowest BCUT2D eigenvalue weighted by Gasteiger charge is -2.37. The van der Waals surface area contributed by atoms with E-state index in [-0.39, 0.29) is 12.5 Å². The number of benzene rings is 1. The van der Waals surface area contributed by atoms with Gasteiger partial charge in [-0.1, -0.05) is 12.1 Å². The molecule has 2 rings (SSSR count). The third-order valence-corrected chi connectivity index (χ3v) is 3.73. The number of amides is 1. The van der Waals surface area contributed by atoms with Gasteiger partial charge in [0.1, 0.15) is 0 Å². The van der Waals surface area contributed by atoms with Gasteiger partial charge in [0, 0.05) is 25.7 Å². The summed E-state index contributed by atoms with van der Waals surface area (Å²) in [5.74, 6) is 1.27. The Hall–Kier alpha value is -1.75. The third kappa shape index (κ3) is 3.42. The average molecular weight is 278 g/mol. The summed E-state index contributed by atoms with van der Waals surface area (Å²) in [6.45, 7) is 4.60. The van der Waals surface area contributed by atoms with Gasteiger partial charge >= 0.3 is 0 Å². The Morgan fingerprint density at radius 2 is 2.00 bits per heavy atom. The number of para-hydroxylation sites is 2. The Balaban J connectivity index is 1.89. The molecule has 0 bridgehead atoms. The highest BCUT2D eigenvalue weighted by Crippen LogP contribution is 2.25. The molecule has 1 amide bonds. The van der Waals surface area contributed by atoms with Gasteiger partial charge in [-0.3, -0.25) is 4.79 Å². The molecule has 0 saturated carbocycles. The number of methoxy groups -OCH3 is 1. The number of carbonyl (C=O) groups is 1. The Morgan fingerprint density at radius 1 is 1.30 bits per heavy atom. The molecular formula is C15H22N2O3. The average Bonchev–Trinajstić information content (AvgIpc) is 2.47. The summed E-state index contributed by atoms with van der Waals surface area (Å²) in [6, 6.07) is 7.74. The van der Waals surface area contributed by atoms with E-state index in [2.05, 4.69) is 18.9 Å². The van der Waals surface area contributed by atoms with Crippen LogP contribution in [0.2, 0.25) is 0 Å². The monoisotopic (exact) mass is 278 g/mol. The molecule has 0 spiro atoms. The lowest BCUT2D eigenvalue weighted by atomic mass is 10.2. The largest absolute Gasteiger partial charge is 0.493 e. The van der Waals surface area contributed by atoms with Crippen molar-refractivity contribution in [2.45, 2.75) is 13.0 Å². The maximum atomic E-state index is 12.2. The minimum Gasteiger partial charge on any atom is -0.493 e. The van der Waals surface area contributed by atoms with Crippen molar-refractivity contribution in [1.82, 2.24) is 9.80 Å². The van der Waals surface area contributed by atoms with Crippen LogP contribution in [0.25, 0.3) is 0 Å². The van der Waals surface area contributed by atoms with E-state index in [1.807, 2.05) is 23.1 Å². The van der Waals surface area contributed by atoms with E-state index in [1.54, 1.807) is 13.2 Å². The van der Waals surface area contributed by atoms with Crippen molar-refractivity contribution in [2.75, 3.05) is 40.4 Å². The molecule has 1 aromatic rings. The van der Waals surface area contributed by atoms with E-state index >= 15 is 0 Å². The second kappa shape index (κ2) is 6.61. The smallest absolute Gasteiger partial charge is 0.260 e. The summed E-state index contributed by atoms with van der Waals surface area (Å²) < 4.78 is 10.8. The standard InChI is InChI=1S/C15H22N2O3/c1-12-10-17(9-8-16(12)2)15(18)11-20-14-7-5-4-6-13(14)19-3/h4-7,12H,8-11H2,1-3H3. The number of ether oxygens (including phenoxy) is 2. The minimum atomic E-state index is 0.0239. The van der Waals surface area contributed by atoms with Gasteiger partial charge in [-0.2, -0.15) is 0 Å². The molecule has 1 aromatic carbocycles. The maximum Gasteiger partial charge on any atom is 0.260 e. The predicted octanol–water partition coefficient (Wildman–Crippen LogP) is 1.24. The number of carbonyl (C=O) groups excluding carboxylic acids is 1. The number of hydrogen-bond donors (Lipinski definition) is 0. The molecule has 1 aliphatic rings. The molecular weight excluding hydrogens is 256 g/mol. The van der Waals surface area contributed by atoms with Gasteiger partial charge < -0.3 is 19.3 Å². The Bertz CT molecular complexity index is 464. The van der Waals surface area contributed by atoms with Gasteiger partial charge in [-0.15, -0.1) is 0 Å². The van der Waals surface area contributed by atoms with Crippen molar-refractivity contribution < 1.29 is 14.3 Å². The Kier molecular flexibility index (Phi) is 4.84. The molecule has 1 aliphatic heterocycles. The van der Waals surface area contributed by atoms with Crippen molar-refractivity contribution in [2.24, 2.45) is 0 Å². The summed E-state index contributed by atoms with van der Waals surface area (Å²) in [7, 11) is 3.67. The highest BCUT2D eigenvalue weighted by atomic mass is 16.5. The Morgan fingerprint density at radius 3 is 2.65 bits per heavy atom. The summed E-state index contributed by atoms with van der Waals surface area (Å²) in [5.41, 5.74) is 0. The number of piperazine rings is 1. The normalized spacial score (nSPS) is 19.8. The quantitative estimate of drug-likeness (QED) is 0.831. The molecule has 5 heteroatoms. The second-order valence-corrected chi connectivity index (χ2v) is 5.11. The third-order valence-electron chi connectivity index (χ3n) is 3.73. The van der Waals surface area contributed by atoms with Crippen LogP contribution in [0.5, 0.6) is 11.5 Å². The van der Waals surface area contributed by atoms with Gasteiger partial charge in [0.15, 0.2) is 18.1 Å². The first kappa shape index (κ1) is 14.7. The van der Waals surface area contributed by atoms with E-state index in [0.29, 0.717) is 17.5 Å². The van der Waals surface area contributed by atoms with E-state index in [1.165, 1.54) is 0 Å². The zero-order chi connectivity index (χ0) is 14.5. The van der Waals surface area contributed by atoms with Crippen molar-refractivity contribution in [3.63, 3.8) is 0 Å². The minimum absolute atomic E-state index is 0.0239. The molecule has 1 atom stereocenters. The van der Waals surface area contributed by atoms with Crippen LogP contribution in [0.3, 0.4) is 0 Å². The van der Waals surface area contributed by atoms with Crippen LogP contribution < -0.4 is 9.47 Å². The number of rotatable bonds is 4.